The Balaban J connectivity index is 2.19. The van der Waals surface area contributed by atoms with Crippen molar-refractivity contribution >= 4 is 0 Å². The van der Waals surface area contributed by atoms with Crippen molar-refractivity contribution in [2.45, 2.75) is 38.0 Å². The first-order valence-corrected chi connectivity index (χ1v) is 5.08. The van der Waals surface area contributed by atoms with Crippen LogP contribution < -0.4 is 5.32 Å². The van der Waals surface area contributed by atoms with Crippen LogP contribution in [0, 0.1) is 11.3 Å². The molecule has 0 aromatic heterocycles. The lowest BCUT2D eigenvalue weighted by atomic mass is 9.85. The first-order chi connectivity index (χ1) is 6.83. The molecule has 3 atom stereocenters. The Morgan fingerprint density at radius 2 is 2.36 bits per heavy atom. The Hall–Kier alpha value is -0.630. The average molecular weight is 198 g/mol. The molecule has 1 rings (SSSR count). The third kappa shape index (κ3) is 2.68. The minimum Gasteiger partial charge on any atom is -0.377 e. The Morgan fingerprint density at radius 3 is 2.93 bits per heavy atom. The molecule has 0 amide bonds. The maximum atomic E-state index is 8.38. The van der Waals surface area contributed by atoms with Crippen molar-refractivity contribution < 1.29 is 9.47 Å². The molecule has 0 bridgehead atoms. The van der Waals surface area contributed by atoms with E-state index in [4.69, 9.17) is 14.7 Å². The largest absolute Gasteiger partial charge is 0.377 e. The molecule has 1 saturated carbocycles. The van der Waals surface area contributed by atoms with Gasteiger partial charge in [-0.2, -0.15) is 5.26 Å². The van der Waals surface area contributed by atoms with Gasteiger partial charge >= 0.3 is 0 Å². The second-order valence-electron chi connectivity index (χ2n) is 3.40. The zero-order valence-corrected chi connectivity index (χ0v) is 8.82. The highest BCUT2D eigenvalue weighted by atomic mass is 16.5. The van der Waals surface area contributed by atoms with E-state index in [1.54, 1.807) is 7.11 Å². The van der Waals surface area contributed by atoms with E-state index in [0.717, 1.165) is 19.6 Å². The van der Waals surface area contributed by atoms with Crippen LogP contribution in [-0.2, 0) is 9.47 Å². The zero-order valence-electron chi connectivity index (χ0n) is 8.82. The van der Waals surface area contributed by atoms with E-state index in [1.165, 1.54) is 0 Å². The van der Waals surface area contributed by atoms with Gasteiger partial charge in [0.2, 0.25) is 0 Å². The van der Waals surface area contributed by atoms with Crippen LogP contribution in [0.1, 0.15) is 19.8 Å². The van der Waals surface area contributed by atoms with Crippen molar-refractivity contribution in [2.75, 3.05) is 20.3 Å². The lowest BCUT2D eigenvalue weighted by molar-refractivity contribution is -0.130. The van der Waals surface area contributed by atoms with Gasteiger partial charge in [0.05, 0.1) is 18.3 Å². The third-order valence-electron chi connectivity index (χ3n) is 2.55. The minimum atomic E-state index is 0.147. The van der Waals surface area contributed by atoms with Crippen molar-refractivity contribution in [1.29, 1.82) is 5.26 Å². The fourth-order valence-corrected chi connectivity index (χ4v) is 1.79. The second-order valence-corrected chi connectivity index (χ2v) is 3.40. The van der Waals surface area contributed by atoms with Gasteiger partial charge in [0.1, 0.15) is 0 Å². The molecule has 1 aliphatic rings. The molecule has 0 radical (unpaired) electrons. The standard InChI is InChI=1S/C10H18N2O2/c1-3-14-9-7-8(10(9)13-2)12-6-4-5-11/h8-10,12H,3-4,6-7H2,1-2H3. The number of nitriles is 1. The highest BCUT2D eigenvalue weighted by Crippen LogP contribution is 2.26. The Kier molecular flexibility index (Phi) is 4.88. The number of nitrogens with zero attached hydrogens (tertiary/aromatic N) is 1. The van der Waals surface area contributed by atoms with E-state index in [9.17, 15) is 0 Å². The maximum Gasteiger partial charge on any atom is 0.0986 e. The van der Waals surface area contributed by atoms with E-state index in [2.05, 4.69) is 11.4 Å². The number of nitrogens with one attached hydrogen (secondary N) is 1. The quantitative estimate of drug-likeness (QED) is 0.638. The van der Waals surface area contributed by atoms with E-state index < -0.39 is 0 Å². The molecular weight excluding hydrogens is 180 g/mol. The molecule has 1 N–H and O–H groups in total. The van der Waals surface area contributed by atoms with Gasteiger partial charge in [-0.15, -0.1) is 0 Å². The molecule has 4 nitrogen and oxygen atoms in total. The van der Waals surface area contributed by atoms with Crippen LogP contribution >= 0.6 is 0 Å². The zero-order chi connectivity index (χ0) is 10.4. The summed E-state index contributed by atoms with van der Waals surface area (Å²) < 4.78 is 10.8. The van der Waals surface area contributed by atoms with E-state index in [-0.39, 0.29) is 12.2 Å². The molecule has 1 aliphatic carbocycles. The summed E-state index contributed by atoms with van der Waals surface area (Å²) in [6.45, 7) is 3.46. The second kappa shape index (κ2) is 5.97. The Morgan fingerprint density at radius 1 is 1.57 bits per heavy atom. The smallest absolute Gasteiger partial charge is 0.0986 e. The van der Waals surface area contributed by atoms with E-state index in [1.807, 2.05) is 6.92 Å². The van der Waals surface area contributed by atoms with Gasteiger partial charge in [-0.05, 0) is 13.3 Å². The number of ether oxygens (including phenoxy) is 2. The lowest BCUT2D eigenvalue weighted by Crippen LogP contribution is -2.59. The van der Waals surface area contributed by atoms with Crippen LogP contribution in [-0.4, -0.2) is 38.5 Å². The van der Waals surface area contributed by atoms with Crippen LogP contribution in [0.3, 0.4) is 0 Å². The monoisotopic (exact) mass is 198 g/mol. The molecule has 0 aromatic rings. The average Bonchev–Trinajstić information content (AvgIpc) is 2.16. The summed E-state index contributed by atoms with van der Waals surface area (Å²) in [5.74, 6) is 0. The fraction of sp³-hybridized carbons (Fsp3) is 0.900. The van der Waals surface area contributed by atoms with Gasteiger partial charge in [-0.1, -0.05) is 0 Å². The first-order valence-electron chi connectivity index (χ1n) is 5.08. The maximum absolute atomic E-state index is 8.38. The van der Waals surface area contributed by atoms with E-state index >= 15 is 0 Å². The molecule has 80 valence electrons. The van der Waals surface area contributed by atoms with Crippen molar-refractivity contribution in [3.63, 3.8) is 0 Å². The van der Waals surface area contributed by atoms with Crippen LogP contribution in [0.4, 0.5) is 0 Å². The summed E-state index contributed by atoms with van der Waals surface area (Å²) in [7, 11) is 1.70. The summed E-state index contributed by atoms with van der Waals surface area (Å²) in [6.07, 6.45) is 1.91. The molecule has 1 fully saturated rings. The van der Waals surface area contributed by atoms with Crippen molar-refractivity contribution in [3.05, 3.63) is 0 Å². The summed E-state index contributed by atoms with van der Waals surface area (Å²) in [5.41, 5.74) is 0. The fourth-order valence-electron chi connectivity index (χ4n) is 1.79. The van der Waals surface area contributed by atoms with Crippen LogP contribution in [0.2, 0.25) is 0 Å². The molecule has 0 aromatic carbocycles. The predicted molar refractivity (Wildman–Crippen MR) is 52.8 cm³/mol. The summed E-state index contributed by atoms with van der Waals surface area (Å²) in [6, 6.07) is 2.46. The number of hydrogen-bond donors (Lipinski definition) is 1. The van der Waals surface area contributed by atoms with Gasteiger partial charge < -0.3 is 14.8 Å². The number of rotatable bonds is 6. The molecule has 0 spiro atoms. The third-order valence-corrected chi connectivity index (χ3v) is 2.55. The van der Waals surface area contributed by atoms with Crippen LogP contribution in [0.25, 0.3) is 0 Å². The summed E-state index contributed by atoms with van der Waals surface area (Å²) in [5, 5.41) is 11.7. The van der Waals surface area contributed by atoms with Crippen molar-refractivity contribution in [3.8, 4) is 6.07 Å². The highest BCUT2D eigenvalue weighted by Gasteiger charge is 2.41. The van der Waals surface area contributed by atoms with Gasteiger partial charge in [-0.25, -0.2) is 0 Å². The predicted octanol–water partition coefficient (Wildman–Crippen LogP) is 0.682. The van der Waals surface area contributed by atoms with Crippen LogP contribution in [0.5, 0.6) is 0 Å². The normalized spacial score (nSPS) is 30.8. The molecule has 0 aliphatic heterocycles. The number of methoxy groups -OCH3 is 1. The SMILES string of the molecule is CCOC1CC(NCCC#N)C1OC. The Bertz CT molecular complexity index is 203. The molecule has 0 saturated heterocycles. The molecule has 0 heterocycles. The lowest BCUT2D eigenvalue weighted by Gasteiger charge is -2.43. The first kappa shape index (κ1) is 11.4. The topological polar surface area (TPSA) is 54.3 Å². The molecule has 3 unspecified atom stereocenters. The molecular formula is C10H18N2O2. The van der Waals surface area contributed by atoms with Crippen molar-refractivity contribution in [1.82, 2.24) is 5.32 Å². The summed E-state index contributed by atoms with van der Waals surface area (Å²) in [4.78, 5) is 0. The molecule has 14 heavy (non-hydrogen) atoms. The van der Waals surface area contributed by atoms with Gasteiger partial charge in [-0.3, -0.25) is 0 Å². The van der Waals surface area contributed by atoms with E-state index in [0.29, 0.717) is 12.5 Å². The highest BCUT2D eigenvalue weighted by molar-refractivity contribution is 4.97. The van der Waals surface area contributed by atoms with Gasteiger partial charge in [0.15, 0.2) is 0 Å². The minimum absolute atomic E-state index is 0.147. The Labute approximate surface area is 85.2 Å². The van der Waals surface area contributed by atoms with Gasteiger partial charge in [0.25, 0.3) is 0 Å². The number of hydrogen-bond acceptors (Lipinski definition) is 4. The molecule has 4 heteroatoms. The summed E-state index contributed by atoms with van der Waals surface area (Å²) >= 11 is 0. The van der Waals surface area contributed by atoms with Crippen LogP contribution in [0.15, 0.2) is 0 Å². The van der Waals surface area contributed by atoms with Gasteiger partial charge in [0, 0.05) is 32.7 Å². The van der Waals surface area contributed by atoms with Crippen molar-refractivity contribution in [2.24, 2.45) is 0 Å².